The van der Waals surface area contributed by atoms with Crippen molar-refractivity contribution in [2.75, 3.05) is 13.2 Å². The minimum Gasteiger partial charge on any atom is -0.483 e. The molecule has 0 bridgehead atoms. The topological polar surface area (TPSA) is 58.6 Å². The summed E-state index contributed by atoms with van der Waals surface area (Å²) in [7, 11) is 0. The molecule has 0 aliphatic carbocycles. The van der Waals surface area contributed by atoms with E-state index >= 15 is 0 Å². The summed E-state index contributed by atoms with van der Waals surface area (Å²) < 4.78 is 5.93. The number of benzene rings is 3. The van der Waals surface area contributed by atoms with E-state index in [9.17, 15) is 9.59 Å². The molecule has 0 saturated heterocycles. The lowest BCUT2D eigenvalue weighted by molar-refractivity contribution is -0.142. The molecule has 0 aliphatic heterocycles. The lowest BCUT2D eigenvalue weighted by Crippen LogP contribution is -2.50. The highest BCUT2D eigenvalue weighted by molar-refractivity contribution is 6.31. The minimum atomic E-state index is -0.610. The Morgan fingerprint density at radius 3 is 2.47 bits per heavy atom. The molecule has 0 heterocycles. The van der Waals surface area contributed by atoms with Gasteiger partial charge in [0.2, 0.25) is 5.91 Å². The lowest BCUT2D eigenvalue weighted by Gasteiger charge is -2.31. The van der Waals surface area contributed by atoms with Gasteiger partial charge in [0, 0.05) is 23.5 Å². The third kappa shape index (κ3) is 5.80. The quantitative estimate of drug-likeness (QED) is 0.459. The fourth-order valence-electron chi connectivity index (χ4n) is 3.64. The van der Waals surface area contributed by atoms with Crippen LogP contribution in [0.5, 0.6) is 5.75 Å². The Kier molecular flexibility index (Phi) is 8.51. The van der Waals surface area contributed by atoms with Crippen molar-refractivity contribution < 1.29 is 14.3 Å². The van der Waals surface area contributed by atoms with Gasteiger partial charge < -0.3 is 15.0 Å². The molecule has 1 unspecified atom stereocenters. The standard InChI is InChI=1S/C26H29ClN2O3/c1-3-16-28-26(31)23(4-2)29(17-20-11-6-8-14-22(20)27)25(30)18-32-24-15-9-12-19-10-5-7-13-21(19)24/h5-15,23H,3-4,16-18H2,1-2H3,(H,28,31). The van der Waals surface area contributed by atoms with Gasteiger partial charge in [0.25, 0.3) is 5.91 Å². The number of carbonyl (C=O) groups is 2. The van der Waals surface area contributed by atoms with Gasteiger partial charge in [-0.15, -0.1) is 0 Å². The van der Waals surface area contributed by atoms with Gasteiger partial charge in [-0.3, -0.25) is 9.59 Å². The number of fused-ring (bicyclic) bond motifs is 1. The van der Waals surface area contributed by atoms with E-state index in [2.05, 4.69) is 5.32 Å². The molecule has 0 fully saturated rings. The zero-order valence-electron chi connectivity index (χ0n) is 18.5. The van der Waals surface area contributed by atoms with Gasteiger partial charge in [0.1, 0.15) is 11.8 Å². The number of rotatable bonds is 10. The third-order valence-corrected chi connectivity index (χ3v) is 5.70. The Hall–Kier alpha value is -3.05. The van der Waals surface area contributed by atoms with Crippen LogP contribution in [0.15, 0.2) is 66.7 Å². The van der Waals surface area contributed by atoms with Gasteiger partial charge in [-0.05, 0) is 35.9 Å². The van der Waals surface area contributed by atoms with Crippen molar-refractivity contribution in [2.24, 2.45) is 0 Å². The highest BCUT2D eigenvalue weighted by Gasteiger charge is 2.29. The van der Waals surface area contributed by atoms with Crippen LogP contribution in [0.3, 0.4) is 0 Å². The zero-order chi connectivity index (χ0) is 22.9. The van der Waals surface area contributed by atoms with E-state index < -0.39 is 6.04 Å². The van der Waals surface area contributed by atoms with E-state index in [1.807, 2.05) is 74.5 Å². The second kappa shape index (κ2) is 11.5. The van der Waals surface area contributed by atoms with Gasteiger partial charge in [0.15, 0.2) is 6.61 Å². The average Bonchev–Trinajstić information content (AvgIpc) is 2.82. The summed E-state index contributed by atoms with van der Waals surface area (Å²) in [6.07, 6.45) is 1.31. The smallest absolute Gasteiger partial charge is 0.261 e. The van der Waals surface area contributed by atoms with Crippen molar-refractivity contribution in [1.29, 1.82) is 0 Å². The van der Waals surface area contributed by atoms with E-state index in [-0.39, 0.29) is 25.0 Å². The van der Waals surface area contributed by atoms with Crippen LogP contribution in [-0.2, 0) is 16.1 Å². The van der Waals surface area contributed by atoms with Crippen molar-refractivity contribution in [3.8, 4) is 5.75 Å². The summed E-state index contributed by atoms with van der Waals surface area (Å²) in [5.41, 5.74) is 0.786. The summed E-state index contributed by atoms with van der Waals surface area (Å²) in [6, 6.07) is 20.4. The Bertz CT molecular complexity index is 1060. The fraction of sp³-hybridized carbons (Fsp3) is 0.308. The van der Waals surface area contributed by atoms with Crippen molar-refractivity contribution in [3.05, 3.63) is 77.3 Å². The number of ether oxygens (including phenoxy) is 1. The Morgan fingerprint density at radius 2 is 1.72 bits per heavy atom. The molecule has 0 aromatic heterocycles. The molecule has 5 nitrogen and oxygen atoms in total. The van der Waals surface area contributed by atoms with E-state index in [4.69, 9.17) is 16.3 Å². The molecule has 1 atom stereocenters. The van der Waals surface area contributed by atoms with Crippen molar-refractivity contribution in [2.45, 2.75) is 39.3 Å². The molecule has 0 aliphatic rings. The molecule has 6 heteroatoms. The number of amides is 2. The molecule has 0 radical (unpaired) electrons. The molecule has 1 N–H and O–H groups in total. The maximum atomic E-state index is 13.3. The normalized spacial score (nSPS) is 11.7. The average molecular weight is 453 g/mol. The van der Waals surface area contributed by atoms with Crippen LogP contribution in [0.1, 0.15) is 32.3 Å². The van der Waals surface area contributed by atoms with E-state index in [1.165, 1.54) is 0 Å². The molecule has 2 amide bonds. The summed E-state index contributed by atoms with van der Waals surface area (Å²) >= 11 is 6.35. The highest BCUT2D eigenvalue weighted by atomic mass is 35.5. The van der Waals surface area contributed by atoms with Crippen LogP contribution in [0, 0.1) is 0 Å². The molecule has 3 aromatic rings. The fourth-order valence-corrected chi connectivity index (χ4v) is 3.84. The number of nitrogens with zero attached hydrogens (tertiary/aromatic N) is 1. The van der Waals surface area contributed by atoms with Crippen molar-refractivity contribution in [1.82, 2.24) is 10.2 Å². The molecule has 0 saturated carbocycles. The Morgan fingerprint density at radius 1 is 1.00 bits per heavy atom. The molecular weight excluding hydrogens is 424 g/mol. The molecule has 3 aromatic carbocycles. The second-order valence-corrected chi connectivity index (χ2v) is 8.00. The van der Waals surface area contributed by atoms with Crippen LogP contribution in [-0.4, -0.2) is 35.9 Å². The number of hydrogen-bond donors (Lipinski definition) is 1. The summed E-state index contributed by atoms with van der Waals surface area (Å²) in [5.74, 6) is 0.203. The molecular formula is C26H29ClN2O3. The number of hydrogen-bond acceptors (Lipinski definition) is 3. The van der Waals surface area contributed by atoms with Crippen molar-refractivity contribution >= 4 is 34.2 Å². The minimum absolute atomic E-state index is 0.167. The first kappa shape index (κ1) is 23.6. The maximum absolute atomic E-state index is 13.3. The van der Waals surface area contributed by atoms with E-state index in [0.29, 0.717) is 23.7 Å². The first-order chi connectivity index (χ1) is 15.5. The van der Waals surface area contributed by atoms with E-state index in [1.54, 1.807) is 11.0 Å². The Labute approximate surface area is 194 Å². The van der Waals surface area contributed by atoms with Gasteiger partial charge in [-0.25, -0.2) is 0 Å². The Balaban J connectivity index is 1.83. The van der Waals surface area contributed by atoms with Gasteiger partial charge in [-0.2, -0.15) is 0 Å². The molecule has 168 valence electrons. The monoisotopic (exact) mass is 452 g/mol. The van der Waals surface area contributed by atoms with Crippen LogP contribution in [0.25, 0.3) is 10.8 Å². The summed E-state index contributed by atoms with van der Waals surface area (Å²) in [5, 5.41) is 5.45. The first-order valence-corrected chi connectivity index (χ1v) is 11.3. The third-order valence-electron chi connectivity index (χ3n) is 5.33. The van der Waals surface area contributed by atoms with E-state index in [0.717, 1.165) is 22.8 Å². The predicted octanol–water partition coefficient (Wildman–Crippen LogP) is 5.21. The first-order valence-electron chi connectivity index (χ1n) is 11.0. The molecule has 0 spiro atoms. The number of carbonyl (C=O) groups excluding carboxylic acids is 2. The van der Waals surface area contributed by atoms with Crippen LogP contribution >= 0.6 is 11.6 Å². The largest absolute Gasteiger partial charge is 0.483 e. The second-order valence-electron chi connectivity index (χ2n) is 7.59. The summed E-state index contributed by atoms with van der Waals surface area (Å²) in [4.78, 5) is 27.7. The predicted molar refractivity (Wildman–Crippen MR) is 129 cm³/mol. The maximum Gasteiger partial charge on any atom is 0.261 e. The van der Waals surface area contributed by atoms with Gasteiger partial charge in [0.05, 0.1) is 0 Å². The highest BCUT2D eigenvalue weighted by Crippen LogP contribution is 2.25. The summed E-state index contributed by atoms with van der Waals surface area (Å²) in [6.45, 7) is 4.52. The lowest BCUT2D eigenvalue weighted by atomic mass is 10.1. The van der Waals surface area contributed by atoms with Gasteiger partial charge in [-0.1, -0.05) is 80.0 Å². The van der Waals surface area contributed by atoms with Crippen LogP contribution in [0.4, 0.5) is 0 Å². The molecule has 32 heavy (non-hydrogen) atoms. The van der Waals surface area contributed by atoms with Crippen LogP contribution in [0.2, 0.25) is 5.02 Å². The molecule has 3 rings (SSSR count). The van der Waals surface area contributed by atoms with Gasteiger partial charge >= 0.3 is 0 Å². The zero-order valence-corrected chi connectivity index (χ0v) is 19.3. The van der Waals surface area contributed by atoms with Crippen molar-refractivity contribution in [3.63, 3.8) is 0 Å². The number of nitrogens with one attached hydrogen (secondary N) is 1. The van der Waals surface area contributed by atoms with Crippen LogP contribution < -0.4 is 10.1 Å². The number of halogens is 1. The SMILES string of the molecule is CCCNC(=O)C(CC)N(Cc1ccccc1Cl)C(=O)COc1cccc2ccccc12.